The first kappa shape index (κ1) is 12.1. The quantitative estimate of drug-likeness (QED) is 0.877. The number of nitrogens with two attached hydrogens (primary N) is 1. The van der Waals surface area contributed by atoms with Crippen LogP contribution in [0.15, 0.2) is 16.8 Å². The van der Waals surface area contributed by atoms with Gasteiger partial charge in [-0.1, -0.05) is 6.92 Å². The molecule has 0 spiro atoms. The fourth-order valence-corrected chi connectivity index (χ4v) is 3.46. The summed E-state index contributed by atoms with van der Waals surface area (Å²) in [7, 11) is 0. The highest BCUT2D eigenvalue weighted by Gasteiger charge is 2.27. The minimum atomic E-state index is 0.208. The van der Waals surface area contributed by atoms with Crippen molar-refractivity contribution < 1.29 is 0 Å². The molecule has 0 aromatic carbocycles. The molecule has 3 heteroatoms. The molecule has 3 unspecified atom stereocenters. The van der Waals surface area contributed by atoms with E-state index in [1.54, 1.807) is 11.3 Å². The number of likely N-dealkylation sites (tertiary alicyclic amines) is 1. The van der Waals surface area contributed by atoms with Crippen molar-refractivity contribution in [1.82, 2.24) is 4.90 Å². The molecule has 2 heterocycles. The molecule has 0 radical (unpaired) electrons. The van der Waals surface area contributed by atoms with Crippen molar-refractivity contribution in [2.45, 2.75) is 38.8 Å². The normalized spacial score (nSPS) is 26.6. The van der Waals surface area contributed by atoms with Gasteiger partial charge < -0.3 is 5.73 Å². The van der Waals surface area contributed by atoms with Crippen molar-refractivity contribution in [2.24, 2.45) is 11.7 Å². The molecule has 3 atom stereocenters. The monoisotopic (exact) mass is 238 g/mol. The highest BCUT2D eigenvalue weighted by atomic mass is 32.1. The molecule has 0 amide bonds. The predicted molar refractivity (Wildman–Crippen MR) is 70.7 cm³/mol. The first-order valence-corrected chi connectivity index (χ1v) is 7.14. The Kier molecular flexibility index (Phi) is 4.00. The summed E-state index contributed by atoms with van der Waals surface area (Å²) in [6.07, 6.45) is 2.68. The molecular formula is C13H22N2S. The van der Waals surface area contributed by atoms with Gasteiger partial charge in [-0.3, -0.25) is 4.90 Å². The van der Waals surface area contributed by atoms with Gasteiger partial charge >= 0.3 is 0 Å². The maximum Gasteiger partial charge on any atom is 0.0504 e. The summed E-state index contributed by atoms with van der Waals surface area (Å²) < 4.78 is 0. The van der Waals surface area contributed by atoms with Gasteiger partial charge in [0.25, 0.3) is 0 Å². The van der Waals surface area contributed by atoms with Gasteiger partial charge in [0.1, 0.15) is 0 Å². The molecule has 16 heavy (non-hydrogen) atoms. The van der Waals surface area contributed by atoms with Crippen LogP contribution in [0.2, 0.25) is 0 Å². The predicted octanol–water partition coefficient (Wildman–Crippen LogP) is 2.87. The fourth-order valence-electron chi connectivity index (χ4n) is 2.77. The van der Waals surface area contributed by atoms with Crippen molar-refractivity contribution in [2.75, 3.05) is 13.1 Å². The summed E-state index contributed by atoms with van der Waals surface area (Å²) >= 11 is 1.77. The molecule has 0 saturated carbocycles. The second-order valence-corrected chi connectivity index (χ2v) is 5.88. The summed E-state index contributed by atoms with van der Waals surface area (Å²) in [4.78, 5) is 2.57. The Hall–Kier alpha value is -0.380. The Labute approximate surface area is 102 Å². The van der Waals surface area contributed by atoms with E-state index in [2.05, 4.69) is 35.6 Å². The molecule has 2 N–H and O–H groups in total. The molecule has 1 aliphatic heterocycles. The molecule has 0 aliphatic carbocycles. The molecule has 1 aromatic rings. The first-order chi connectivity index (χ1) is 7.68. The van der Waals surface area contributed by atoms with Crippen molar-refractivity contribution in [1.29, 1.82) is 0 Å². The van der Waals surface area contributed by atoms with Crippen LogP contribution in [-0.2, 0) is 0 Å². The topological polar surface area (TPSA) is 29.3 Å². The van der Waals surface area contributed by atoms with Gasteiger partial charge in [0, 0.05) is 12.6 Å². The Bertz CT molecular complexity index is 308. The van der Waals surface area contributed by atoms with Crippen LogP contribution in [0, 0.1) is 5.92 Å². The summed E-state index contributed by atoms with van der Waals surface area (Å²) in [5.41, 5.74) is 7.56. The Morgan fingerprint density at radius 3 is 2.94 bits per heavy atom. The van der Waals surface area contributed by atoms with Crippen LogP contribution < -0.4 is 5.73 Å². The minimum Gasteiger partial charge on any atom is -0.326 e. The molecule has 1 aliphatic rings. The van der Waals surface area contributed by atoms with Crippen LogP contribution in [0.3, 0.4) is 0 Å². The van der Waals surface area contributed by atoms with Gasteiger partial charge in [0.15, 0.2) is 0 Å². The molecule has 1 saturated heterocycles. The van der Waals surface area contributed by atoms with Gasteiger partial charge in [0.05, 0.1) is 6.04 Å². The number of thiophene rings is 1. The van der Waals surface area contributed by atoms with Crippen molar-refractivity contribution >= 4 is 11.3 Å². The van der Waals surface area contributed by atoms with Gasteiger partial charge in [0.2, 0.25) is 0 Å². The van der Waals surface area contributed by atoms with Gasteiger partial charge in [-0.05, 0) is 54.6 Å². The van der Waals surface area contributed by atoms with E-state index in [9.17, 15) is 0 Å². The van der Waals surface area contributed by atoms with E-state index < -0.39 is 0 Å². The Balaban J connectivity index is 2.13. The van der Waals surface area contributed by atoms with E-state index in [1.165, 1.54) is 31.5 Å². The van der Waals surface area contributed by atoms with E-state index in [0.717, 1.165) is 5.92 Å². The van der Waals surface area contributed by atoms with E-state index in [4.69, 9.17) is 5.73 Å². The maximum absolute atomic E-state index is 6.17. The lowest BCUT2D eigenvalue weighted by atomic mass is 9.94. The lowest BCUT2D eigenvalue weighted by molar-refractivity contribution is 0.116. The van der Waals surface area contributed by atoms with Crippen molar-refractivity contribution in [3.8, 4) is 0 Å². The van der Waals surface area contributed by atoms with Gasteiger partial charge in [-0.25, -0.2) is 0 Å². The third-order valence-corrected chi connectivity index (χ3v) is 4.17. The Morgan fingerprint density at radius 2 is 2.38 bits per heavy atom. The third-order valence-electron chi connectivity index (χ3n) is 3.46. The van der Waals surface area contributed by atoms with Crippen LogP contribution in [0.4, 0.5) is 0 Å². The lowest BCUT2D eigenvalue weighted by Gasteiger charge is -2.39. The summed E-state index contributed by atoms with van der Waals surface area (Å²) in [6.45, 7) is 6.87. The zero-order chi connectivity index (χ0) is 11.5. The minimum absolute atomic E-state index is 0.208. The smallest absolute Gasteiger partial charge is 0.0504 e. The third kappa shape index (κ3) is 2.65. The zero-order valence-corrected chi connectivity index (χ0v) is 11.0. The molecular weight excluding hydrogens is 216 g/mol. The summed E-state index contributed by atoms with van der Waals surface area (Å²) in [5, 5.41) is 4.39. The van der Waals surface area contributed by atoms with E-state index in [0.29, 0.717) is 6.04 Å². The summed E-state index contributed by atoms with van der Waals surface area (Å²) in [5.74, 6) is 0.814. The average molecular weight is 238 g/mol. The van der Waals surface area contributed by atoms with Crippen LogP contribution in [-0.4, -0.2) is 24.0 Å². The second kappa shape index (κ2) is 5.30. The Morgan fingerprint density at radius 1 is 1.56 bits per heavy atom. The first-order valence-electron chi connectivity index (χ1n) is 6.20. The standard InChI is InChI=1S/C13H22N2S/c1-10-4-3-6-15(8-10)13(11(2)14)12-5-7-16-9-12/h5,7,9-11,13H,3-4,6,8,14H2,1-2H3. The lowest BCUT2D eigenvalue weighted by Crippen LogP contribution is -2.44. The SMILES string of the molecule is CC1CCCN(C(c2ccsc2)C(C)N)C1. The molecule has 2 nitrogen and oxygen atoms in total. The molecule has 2 rings (SSSR count). The number of piperidine rings is 1. The zero-order valence-electron chi connectivity index (χ0n) is 10.2. The van der Waals surface area contributed by atoms with Crippen LogP contribution >= 0.6 is 11.3 Å². The molecule has 1 aromatic heterocycles. The van der Waals surface area contributed by atoms with Crippen LogP contribution in [0.1, 0.15) is 38.3 Å². The number of hydrogen-bond donors (Lipinski definition) is 1. The van der Waals surface area contributed by atoms with E-state index in [1.807, 2.05) is 0 Å². The number of nitrogens with zero attached hydrogens (tertiary/aromatic N) is 1. The fraction of sp³-hybridized carbons (Fsp3) is 0.692. The molecule has 0 bridgehead atoms. The number of rotatable bonds is 3. The molecule has 1 fully saturated rings. The molecule has 90 valence electrons. The van der Waals surface area contributed by atoms with Crippen molar-refractivity contribution in [3.05, 3.63) is 22.4 Å². The van der Waals surface area contributed by atoms with Crippen LogP contribution in [0.5, 0.6) is 0 Å². The maximum atomic E-state index is 6.17. The number of hydrogen-bond acceptors (Lipinski definition) is 3. The van der Waals surface area contributed by atoms with Crippen LogP contribution in [0.25, 0.3) is 0 Å². The highest BCUT2D eigenvalue weighted by Crippen LogP contribution is 2.29. The summed E-state index contributed by atoms with van der Waals surface area (Å²) in [6, 6.07) is 2.84. The van der Waals surface area contributed by atoms with Crippen molar-refractivity contribution in [3.63, 3.8) is 0 Å². The van der Waals surface area contributed by atoms with E-state index in [-0.39, 0.29) is 6.04 Å². The van der Waals surface area contributed by atoms with E-state index >= 15 is 0 Å². The average Bonchev–Trinajstić information content (AvgIpc) is 2.71. The largest absolute Gasteiger partial charge is 0.326 e. The highest BCUT2D eigenvalue weighted by molar-refractivity contribution is 7.07. The van der Waals surface area contributed by atoms with Gasteiger partial charge in [-0.2, -0.15) is 11.3 Å². The second-order valence-electron chi connectivity index (χ2n) is 5.10. The van der Waals surface area contributed by atoms with Gasteiger partial charge in [-0.15, -0.1) is 0 Å².